The van der Waals surface area contributed by atoms with E-state index in [0.717, 1.165) is 6.07 Å². The number of nitrogens with zero attached hydrogens (tertiary/aromatic N) is 1. The van der Waals surface area contributed by atoms with Crippen LogP contribution in [0.25, 0.3) is 0 Å². The van der Waals surface area contributed by atoms with E-state index in [0.29, 0.717) is 17.7 Å². The lowest BCUT2D eigenvalue weighted by Gasteiger charge is -2.14. The van der Waals surface area contributed by atoms with Gasteiger partial charge in [0, 0.05) is 6.07 Å². The van der Waals surface area contributed by atoms with E-state index in [1.54, 1.807) is 6.92 Å². The van der Waals surface area contributed by atoms with Crippen LogP contribution in [0.5, 0.6) is 0 Å². The van der Waals surface area contributed by atoms with Crippen molar-refractivity contribution >= 4 is 17.3 Å². The predicted octanol–water partition coefficient (Wildman–Crippen LogP) is 4.47. The Balaban J connectivity index is 2.03. The Labute approximate surface area is 150 Å². The second-order valence-electron chi connectivity index (χ2n) is 5.52. The van der Waals surface area contributed by atoms with E-state index in [1.165, 1.54) is 24.3 Å². The van der Waals surface area contributed by atoms with Gasteiger partial charge in [-0.3, -0.25) is 14.9 Å². The summed E-state index contributed by atoms with van der Waals surface area (Å²) in [6.07, 6.45) is -5.44. The number of halogens is 4. The third-order valence-corrected chi connectivity index (χ3v) is 3.59. The van der Waals surface area contributed by atoms with Gasteiger partial charge in [-0.2, -0.15) is 13.2 Å². The van der Waals surface area contributed by atoms with E-state index < -0.39 is 46.8 Å². The first-order valence-corrected chi connectivity index (χ1v) is 7.62. The number of rotatable bonds is 6. The number of nitrogens with one attached hydrogen (secondary N) is 1. The minimum atomic E-state index is -4.73. The lowest BCUT2D eigenvalue weighted by molar-refractivity contribution is -0.384. The molecule has 2 rings (SSSR count). The third kappa shape index (κ3) is 5.40. The normalized spacial score (nSPS) is 12.3. The quantitative estimate of drug-likeness (QED) is 0.343. The van der Waals surface area contributed by atoms with Crippen LogP contribution in [0.3, 0.4) is 0 Å². The molecule has 6 nitrogen and oxygen atoms in total. The molecule has 0 bridgehead atoms. The number of anilines is 1. The zero-order valence-corrected chi connectivity index (χ0v) is 13.9. The minimum Gasteiger partial charge on any atom is -0.456 e. The summed E-state index contributed by atoms with van der Waals surface area (Å²) in [4.78, 5) is 21.9. The number of hydrogen-bond donors (Lipinski definition) is 1. The smallest absolute Gasteiger partial charge is 0.416 e. The molecule has 0 saturated heterocycles. The number of esters is 1. The maximum absolute atomic E-state index is 12.9. The molecule has 0 radical (unpaired) electrons. The maximum atomic E-state index is 12.9. The van der Waals surface area contributed by atoms with Crippen molar-refractivity contribution in [3.05, 3.63) is 69.5 Å². The first-order valence-electron chi connectivity index (χ1n) is 7.62. The molecular weight excluding hydrogens is 372 g/mol. The molecule has 0 heterocycles. The molecule has 0 aromatic heterocycles. The highest BCUT2D eigenvalue weighted by molar-refractivity contribution is 5.77. The lowest BCUT2D eigenvalue weighted by atomic mass is 10.1. The van der Waals surface area contributed by atoms with E-state index in [9.17, 15) is 32.5 Å². The lowest BCUT2D eigenvalue weighted by Crippen LogP contribution is -2.19. The van der Waals surface area contributed by atoms with Crippen molar-refractivity contribution in [3.8, 4) is 0 Å². The number of nitro groups is 1. The molecule has 0 amide bonds. The van der Waals surface area contributed by atoms with Gasteiger partial charge in [0.05, 0.1) is 10.5 Å². The monoisotopic (exact) mass is 386 g/mol. The van der Waals surface area contributed by atoms with Gasteiger partial charge in [0.2, 0.25) is 0 Å². The molecule has 0 spiro atoms. The average Bonchev–Trinajstić information content (AvgIpc) is 2.59. The summed E-state index contributed by atoms with van der Waals surface area (Å²) >= 11 is 0. The molecule has 0 aliphatic heterocycles. The highest BCUT2D eigenvalue weighted by Crippen LogP contribution is 2.34. The fourth-order valence-electron chi connectivity index (χ4n) is 2.22. The summed E-state index contributed by atoms with van der Waals surface area (Å²) in [7, 11) is 0. The van der Waals surface area contributed by atoms with Gasteiger partial charge < -0.3 is 10.1 Å². The summed E-state index contributed by atoms with van der Waals surface area (Å²) in [5, 5.41) is 13.4. The highest BCUT2D eigenvalue weighted by Gasteiger charge is 2.33. The van der Waals surface area contributed by atoms with Crippen LogP contribution in [0, 0.1) is 15.9 Å². The predicted molar refractivity (Wildman–Crippen MR) is 87.5 cm³/mol. The third-order valence-electron chi connectivity index (χ3n) is 3.59. The molecule has 144 valence electrons. The Bertz CT molecular complexity index is 838. The Morgan fingerprint density at radius 2 is 1.85 bits per heavy atom. The van der Waals surface area contributed by atoms with Crippen molar-refractivity contribution in [3.63, 3.8) is 0 Å². The number of nitro benzene ring substituents is 1. The van der Waals surface area contributed by atoms with Crippen molar-refractivity contribution in [1.82, 2.24) is 0 Å². The van der Waals surface area contributed by atoms with Crippen molar-refractivity contribution in [2.45, 2.75) is 19.2 Å². The van der Waals surface area contributed by atoms with Crippen LogP contribution in [0.2, 0.25) is 0 Å². The average molecular weight is 386 g/mol. The second kappa shape index (κ2) is 8.02. The molecule has 0 aliphatic rings. The van der Waals surface area contributed by atoms with Crippen molar-refractivity contribution in [1.29, 1.82) is 0 Å². The first kappa shape index (κ1) is 20.1. The van der Waals surface area contributed by atoms with E-state index in [4.69, 9.17) is 4.74 Å². The fraction of sp³-hybridized carbons (Fsp3) is 0.235. The number of hydrogen-bond acceptors (Lipinski definition) is 5. The van der Waals surface area contributed by atoms with Gasteiger partial charge in [0.1, 0.15) is 24.2 Å². The second-order valence-corrected chi connectivity index (χ2v) is 5.52. The van der Waals surface area contributed by atoms with Crippen LogP contribution in [0.15, 0.2) is 42.5 Å². The number of carbonyl (C=O) groups excluding carboxylic acids is 1. The van der Waals surface area contributed by atoms with E-state index in [-0.39, 0.29) is 5.69 Å². The topological polar surface area (TPSA) is 81.5 Å². The van der Waals surface area contributed by atoms with Crippen molar-refractivity contribution < 1.29 is 32.0 Å². The number of benzene rings is 2. The van der Waals surface area contributed by atoms with Gasteiger partial charge in [-0.25, -0.2) is 4.39 Å². The zero-order valence-electron chi connectivity index (χ0n) is 13.9. The van der Waals surface area contributed by atoms with Gasteiger partial charge >= 0.3 is 12.1 Å². The molecule has 0 saturated carbocycles. The van der Waals surface area contributed by atoms with E-state index in [1.807, 2.05) is 0 Å². The van der Waals surface area contributed by atoms with Gasteiger partial charge in [-0.15, -0.1) is 0 Å². The Morgan fingerprint density at radius 1 is 1.22 bits per heavy atom. The van der Waals surface area contributed by atoms with Crippen molar-refractivity contribution in [2.75, 3.05) is 11.9 Å². The largest absolute Gasteiger partial charge is 0.456 e. The molecule has 10 heteroatoms. The number of carbonyl (C=O) groups is 1. The van der Waals surface area contributed by atoms with Gasteiger partial charge in [0.15, 0.2) is 0 Å². The zero-order chi connectivity index (χ0) is 20.2. The Hall–Kier alpha value is -3.17. The summed E-state index contributed by atoms with van der Waals surface area (Å²) in [6, 6.07) is 7.18. The van der Waals surface area contributed by atoms with E-state index >= 15 is 0 Å². The molecule has 0 unspecified atom stereocenters. The molecule has 0 fully saturated rings. The molecular formula is C17H14F4N2O4. The highest BCUT2D eigenvalue weighted by atomic mass is 19.4. The number of ether oxygens (including phenoxy) is 1. The molecule has 27 heavy (non-hydrogen) atoms. The standard InChI is InChI=1S/C17H14F4N2O4/c1-10(11-2-5-13(18)6-3-11)27-16(24)9-22-14-7-4-12(17(19,20)21)8-15(14)23(25)26/h2-8,10,22H,9H2,1H3/t10-/m1/s1. The summed E-state index contributed by atoms with van der Waals surface area (Å²) in [5.74, 6) is -1.24. The molecule has 0 aliphatic carbocycles. The van der Waals surface area contributed by atoms with Gasteiger partial charge in [-0.05, 0) is 36.8 Å². The van der Waals surface area contributed by atoms with Crippen LogP contribution in [0.4, 0.5) is 28.9 Å². The fourth-order valence-corrected chi connectivity index (χ4v) is 2.22. The Kier molecular flexibility index (Phi) is 5.98. The van der Waals surface area contributed by atoms with Gasteiger partial charge in [0.25, 0.3) is 5.69 Å². The molecule has 2 aromatic carbocycles. The molecule has 1 atom stereocenters. The van der Waals surface area contributed by atoms with Crippen LogP contribution >= 0.6 is 0 Å². The van der Waals surface area contributed by atoms with Gasteiger partial charge in [-0.1, -0.05) is 12.1 Å². The SMILES string of the molecule is C[C@@H](OC(=O)CNc1ccc(C(F)(F)F)cc1[N+](=O)[O-])c1ccc(F)cc1. The van der Waals surface area contributed by atoms with Crippen molar-refractivity contribution in [2.24, 2.45) is 0 Å². The van der Waals surface area contributed by atoms with Crippen LogP contribution in [-0.4, -0.2) is 17.4 Å². The summed E-state index contributed by atoms with van der Waals surface area (Å²) < 4.78 is 56.0. The number of alkyl halides is 3. The summed E-state index contributed by atoms with van der Waals surface area (Å²) in [6.45, 7) is 1.05. The Morgan fingerprint density at radius 3 is 2.41 bits per heavy atom. The van der Waals surface area contributed by atoms with Crippen LogP contribution in [-0.2, 0) is 15.7 Å². The molecule has 1 N–H and O–H groups in total. The molecule has 2 aromatic rings. The minimum absolute atomic E-state index is 0.251. The van der Waals surface area contributed by atoms with E-state index in [2.05, 4.69) is 5.32 Å². The van der Waals surface area contributed by atoms with Crippen LogP contribution in [0.1, 0.15) is 24.2 Å². The maximum Gasteiger partial charge on any atom is 0.416 e. The first-order chi connectivity index (χ1) is 12.6. The summed E-state index contributed by atoms with van der Waals surface area (Å²) in [5.41, 5.74) is -1.71. The van der Waals surface area contributed by atoms with Crippen LogP contribution < -0.4 is 5.32 Å².